The van der Waals surface area contributed by atoms with Gasteiger partial charge in [0.15, 0.2) is 0 Å². The normalized spacial score (nSPS) is 10.5. The lowest BCUT2D eigenvalue weighted by Crippen LogP contribution is -2.33. The second-order valence-electron chi connectivity index (χ2n) is 3.23. The molecule has 0 aromatic carbocycles. The standard InChI is InChI=1S/C8H14N4S2/c1-6(2)12(4-3-7(9)13)8-10-5-11-14-8/h5-6H,3-4H2,1-2H3,(H2,9,13). The highest BCUT2D eigenvalue weighted by atomic mass is 32.1. The van der Waals surface area contributed by atoms with Crippen LogP contribution in [-0.2, 0) is 0 Å². The summed E-state index contributed by atoms with van der Waals surface area (Å²) in [6.07, 6.45) is 2.28. The Morgan fingerprint density at radius 1 is 1.71 bits per heavy atom. The zero-order chi connectivity index (χ0) is 10.6. The van der Waals surface area contributed by atoms with Gasteiger partial charge in [0.2, 0.25) is 5.13 Å². The van der Waals surface area contributed by atoms with Crippen LogP contribution in [0, 0.1) is 0 Å². The Kier molecular flexibility index (Phi) is 4.21. The summed E-state index contributed by atoms with van der Waals surface area (Å²) < 4.78 is 3.98. The maximum atomic E-state index is 5.47. The van der Waals surface area contributed by atoms with Gasteiger partial charge in [0, 0.05) is 30.5 Å². The highest BCUT2D eigenvalue weighted by molar-refractivity contribution is 7.80. The van der Waals surface area contributed by atoms with E-state index in [9.17, 15) is 0 Å². The summed E-state index contributed by atoms with van der Waals surface area (Å²) in [7, 11) is 0. The van der Waals surface area contributed by atoms with Crippen molar-refractivity contribution in [1.29, 1.82) is 0 Å². The molecule has 0 spiro atoms. The van der Waals surface area contributed by atoms with Crippen LogP contribution in [-0.4, -0.2) is 26.9 Å². The number of thiocarbonyl (C=S) groups is 1. The first-order chi connectivity index (χ1) is 6.61. The number of nitrogens with two attached hydrogens (primary N) is 1. The van der Waals surface area contributed by atoms with Crippen molar-refractivity contribution in [2.24, 2.45) is 5.73 Å². The zero-order valence-corrected chi connectivity index (χ0v) is 9.94. The lowest BCUT2D eigenvalue weighted by molar-refractivity contribution is 0.688. The molecular formula is C8H14N4S2. The summed E-state index contributed by atoms with van der Waals surface area (Å²) in [5.74, 6) is 0. The Balaban J connectivity index is 2.61. The third-order valence-corrected chi connectivity index (χ3v) is 2.72. The second kappa shape index (κ2) is 5.21. The van der Waals surface area contributed by atoms with Gasteiger partial charge in [-0.05, 0) is 13.8 Å². The molecule has 0 fully saturated rings. The first-order valence-electron chi connectivity index (χ1n) is 4.43. The molecule has 6 heteroatoms. The van der Waals surface area contributed by atoms with Crippen molar-refractivity contribution in [3.8, 4) is 0 Å². The molecule has 0 saturated carbocycles. The van der Waals surface area contributed by atoms with Crippen molar-refractivity contribution in [1.82, 2.24) is 9.36 Å². The molecule has 2 N–H and O–H groups in total. The van der Waals surface area contributed by atoms with Gasteiger partial charge in [-0.25, -0.2) is 4.98 Å². The predicted molar refractivity (Wildman–Crippen MR) is 63.8 cm³/mol. The van der Waals surface area contributed by atoms with Crippen molar-refractivity contribution >= 4 is 33.9 Å². The van der Waals surface area contributed by atoms with Crippen LogP contribution < -0.4 is 10.6 Å². The van der Waals surface area contributed by atoms with Crippen LogP contribution >= 0.6 is 23.8 Å². The van der Waals surface area contributed by atoms with E-state index in [1.807, 2.05) is 0 Å². The van der Waals surface area contributed by atoms with Crippen molar-refractivity contribution in [3.63, 3.8) is 0 Å². The molecule has 0 atom stereocenters. The van der Waals surface area contributed by atoms with E-state index < -0.39 is 0 Å². The molecule has 1 rings (SSSR count). The first-order valence-corrected chi connectivity index (χ1v) is 5.61. The maximum Gasteiger partial charge on any atom is 0.205 e. The monoisotopic (exact) mass is 230 g/mol. The molecule has 0 amide bonds. The number of rotatable bonds is 5. The number of aromatic nitrogens is 2. The minimum absolute atomic E-state index is 0.386. The third kappa shape index (κ3) is 3.19. The summed E-state index contributed by atoms with van der Waals surface area (Å²) in [5, 5.41) is 0.927. The molecule has 1 aromatic rings. The summed E-state index contributed by atoms with van der Waals surface area (Å²) in [5.41, 5.74) is 5.47. The van der Waals surface area contributed by atoms with Crippen LogP contribution in [0.15, 0.2) is 6.33 Å². The van der Waals surface area contributed by atoms with E-state index in [0.717, 1.165) is 11.7 Å². The van der Waals surface area contributed by atoms with Crippen molar-refractivity contribution < 1.29 is 0 Å². The van der Waals surface area contributed by atoms with Gasteiger partial charge in [0.05, 0.1) is 4.99 Å². The maximum absolute atomic E-state index is 5.47. The molecule has 0 saturated heterocycles. The van der Waals surface area contributed by atoms with Crippen LogP contribution in [0.25, 0.3) is 0 Å². The molecule has 0 unspecified atom stereocenters. The lowest BCUT2D eigenvalue weighted by Gasteiger charge is -2.25. The highest BCUT2D eigenvalue weighted by Gasteiger charge is 2.13. The molecule has 0 radical (unpaired) electrons. The van der Waals surface area contributed by atoms with Crippen molar-refractivity contribution in [2.75, 3.05) is 11.4 Å². The fraction of sp³-hybridized carbons (Fsp3) is 0.625. The predicted octanol–water partition coefficient (Wildman–Crippen LogP) is 1.43. The molecular weight excluding hydrogens is 216 g/mol. The first kappa shape index (κ1) is 11.3. The van der Waals surface area contributed by atoms with E-state index in [1.165, 1.54) is 11.5 Å². The molecule has 14 heavy (non-hydrogen) atoms. The highest BCUT2D eigenvalue weighted by Crippen LogP contribution is 2.17. The van der Waals surface area contributed by atoms with Gasteiger partial charge < -0.3 is 10.6 Å². The van der Waals surface area contributed by atoms with Gasteiger partial charge in [0.1, 0.15) is 6.33 Å². The Labute approximate surface area is 93.3 Å². The van der Waals surface area contributed by atoms with Crippen molar-refractivity contribution in [3.05, 3.63) is 6.33 Å². The van der Waals surface area contributed by atoms with E-state index in [0.29, 0.717) is 17.5 Å². The number of hydrogen-bond acceptors (Lipinski definition) is 5. The van der Waals surface area contributed by atoms with E-state index in [1.54, 1.807) is 6.33 Å². The molecule has 0 aliphatic rings. The van der Waals surface area contributed by atoms with E-state index >= 15 is 0 Å². The molecule has 1 heterocycles. The molecule has 1 aromatic heterocycles. The zero-order valence-electron chi connectivity index (χ0n) is 8.30. The summed E-state index contributed by atoms with van der Waals surface area (Å²) in [6, 6.07) is 0.386. The van der Waals surface area contributed by atoms with E-state index in [-0.39, 0.29) is 0 Å². The molecule has 4 nitrogen and oxygen atoms in total. The van der Waals surface area contributed by atoms with Gasteiger partial charge in [-0.15, -0.1) is 0 Å². The van der Waals surface area contributed by atoms with Crippen molar-refractivity contribution in [2.45, 2.75) is 26.3 Å². The van der Waals surface area contributed by atoms with Gasteiger partial charge in [-0.3, -0.25) is 0 Å². The number of nitrogens with zero attached hydrogens (tertiary/aromatic N) is 3. The Bertz CT molecular complexity index is 284. The van der Waals surface area contributed by atoms with Crippen LogP contribution in [0.5, 0.6) is 0 Å². The summed E-state index contributed by atoms with van der Waals surface area (Å²) in [4.78, 5) is 6.86. The second-order valence-corrected chi connectivity index (χ2v) is 4.51. The molecule has 0 aliphatic heterocycles. The Morgan fingerprint density at radius 3 is 2.86 bits per heavy atom. The largest absolute Gasteiger partial charge is 0.393 e. The Morgan fingerprint density at radius 2 is 2.43 bits per heavy atom. The minimum Gasteiger partial charge on any atom is -0.393 e. The molecule has 0 bridgehead atoms. The number of anilines is 1. The summed E-state index contributed by atoms with van der Waals surface area (Å²) in [6.45, 7) is 5.03. The van der Waals surface area contributed by atoms with Gasteiger partial charge in [-0.1, -0.05) is 12.2 Å². The average molecular weight is 230 g/mol. The van der Waals surface area contributed by atoms with E-state index in [2.05, 4.69) is 28.1 Å². The SMILES string of the molecule is CC(C)N(CCC(N)=S)c1ncns1. The fourth-order valence-corrected chi connectivity index (χ4v) is 1.88. The van der Waals surface area contributed by atoms with Crippen LogP contribution in [0.4, 0.5) is 5.13 Å². The Hall–Kier alpha value is -0.750. The molecule has 78 valence electrons. The van der Waals surface area contributed by atoms with Gasteiger partial charge in [0.25, 0.3) is 0 Å². The van der Waals surface area contributed by atoms with Crippen LogP contribution in [0.2, 0.25) is 0 Å². The van der Waals surface area contributed by atoms with E-state index in [4.69, 9.17) is 18.0 Å². The summed E-state index contributed by atoms with van der Waals surface area (Å²) >= 11 is 6.24. The van der Waals surface area contributed by atoms with Gasteiger partial charge >= 0.3 is 0 Å². The van der Waals surface area contributed by atoms with Crippen LogP contribution in [0.1, 0.15) is 20.3 Å². The van der Waals surface area contributed by atoms with Crippen LogP contribution in [0.3, 0.4) is 0 Å². The minimum atomic E-state index is 0.386. The lowest BCUT2D eigenvalue weighted by atomic mass is 10.3. The smallest absolute Gasteiger partial charge is 0.205 e. The number of hydrogen-bond donors (Lipinski definition) is 1. The quantitative estimate of drug-likeness (QED) is 0.776. The topological polar surface area (TPSA) is 55.0 Å². The van der Waals surface area contributed by atoms with Gasteiger partial charge in [-0.2, -0.15) is 4.37 Å². The molecule has 0 aliphatic carbocycles. The average Bonchev–Trinajstić information content (AvgIpc) is 2.56. The fourth-order valence-electron chi connectivity index (χ4n) is 1.10. The third-order valence-electron chi connectivity index (χ3n) is 1.82.